The van der Waals surface area contributed by atoms with Gasteiger partial charge in [0.25, 0.3) is 0 Å². The minimum atomic E-state index is -0.0815. The smallest absolute Gasteiger partial charge is 0.170 e. The Balaban J connectivity index is 1.85. The Hall–Kier alpha value is -2.70. The minimum absolute atomic E-state index is 0.0400. The zero-order valence-electron chi connectivity index (χ0n) is 15.1. The lowest BCUT2D eigenvalue weighted by atomic mass is 10.0. The number of aliphatic hydroxyl groups excluding tert-OH is 1. The molecule has 3 aromatic rings. The fourth-order valence-electron chi connectivity index (χ4n) is 3.79. The summed E-state index contributed by atoms with van der Waals surface area (Å²) in [6.45, 7) is 2.61. The molecule has 2 atom stereocenters. The molecule has 0 unspecified atom stereocenters. The van der Waals surface area contributed by atoms with Crippen LogP contribution in [0.1, 0.15) is 29.2 Å². The summed E-state index contributed by atoms with van der Waals surface area (Å²) in [7, 11) is 0. The van der Waals surface area contributed by atoms with E-state index in [-0.39, 0.29) is 18.7 Å². The number of benzene rings is 1. The average molecular weight is 379 g/mol. The van der Waals surface area contributed by atoms with Crippen molar-refractivity contribution in [1.82, 2.24) is 19.8 Å². The van der Waals surface area contributed by atoms with Crippen LogP contribution < -0.4 is 5.32 Å². The number of aryl methyl sites for hydroxylation is 1. The average Bonchev–Trinajstić information content (AvgIpc) is 3.23. The monoisotopic (exact) mass is 378 g/mol. The van der Waals surface area contributed by atoms with E-state index in [4.69, 9.17) is 12.2 Å². The molecule has 3 heterocycles. The lowest BCUT2D eigenvalue weighted by Crippen LogP contribution is -2.33. The lowest BCUT2D eigenvalue weighted by molar-refractivity contribution is 0.220. The highest BCUT2D eigenvalue weighted by atomic mass is 32.1. The standard InChI is InChI=1S/C21H22N4OS/c1-15-10-11-18(25(15)16-7-3-2-4-8-16)20-19(17-9-5-6-12-22-17)23-21(27)24(20)13-14-26/h2-12,19-20,26H,13-14H2,1H3,(H,23,27)/t19-,20+/m0/s1. The summed E-state index contributed by atoms with van der Waals surface area (Å²) in [5.41, 5.74) is 4.31. The van der Waals surface area contributed by atoms with Gasteiger partial charge in [-0.2, -0.15) is 0 Å². The predicted molar refractivity (Wildman–Crippen MR) is 110 cm³/mol. The van der Waals surface area contributed by atoms with Crippen LogP contribution in [0.25, 0.3) is 5.69 Å². The molecule has 138 valence electrons. The normalized spacial score (nSPS) is 19.3. The van der Waals surface area contributed by atoms with Gasteiger partial charge in [0, 0.05) is 29.8 Å². The van der Waals surface area contributed by atoms with Crippen LogP contribution in [0, 0.1) is 6.92 Å². The van der Waals surface area contributed by atoms with Crippen LogP contribution in [0.3, 0.4) is 0 Å². The number of hydrogen-bond acceptors (Lipinski definition) is 3. The van der Waals surface area contributed by atoms with E-state index in [0.717, 1.165) is 22.8 Å². The zero-order valence-corrected chi connectivity index (χ0v) is 15.9. The second-order valence-corrected chi connectivity index (χ2v) is 7.00. The van der Waals surface area contributed by atoms with Crippen molar-refractivity contribution in [3.63, 3.8) is 0 Å². The maximum Gasteiger partial charge on any atom is 0.170 e. The summed E-state index contributed by atoms with van der Waals surface area (Å²) in [5, 5.41) is 13.7. The van der Waals surface area contributed by atoms with Gasteiger partial charge in [-0.1, -0.05) is 24.3 Å². The topological polar surface area (TPSA) is 53.3 Å². The highest BCUT2D eigenvalue weighted by molar-refractivity contribution is 7.80. The van der Waals surface area contributed by atoms with Crippen molar-refractivity contribution in [2.24, 2.45) is 0 Å². The van der Waals surface area contributed by atoms with E-state index >= 15 is 0 Å². The van der Waals surface area contributed by atoms with Crippen LogP contribution in [0.5, 0.6) is 0 Å². The summed E-state index contributed by atoms with van der Waals surface area (Å²) in [6.07, 6.45) is 1.80. The molecular formula is C21H22N4OS. The van der Waals surface area contributed by atoms with Gasteiger partial charge in [-0.25, -0.2) is 0 Å². The third-order valence-corrected chi connectivity index (χ3v) is 5.31. The fourth-order valence-corrected chi connectivity index (χ4v) is 4.13. The Labute approximate surface area is 164 Å². The van der Waals surface area contributed by atoms with Gasteiger partial charge in [-0.05, 0) is 55.5 Å². The van der Waals surface area contributed by atoms with Gasteiger partial charge >= 0.3 is 0 Å². The summed E-state index contributed by atoms with van der Waals surface area (Å²) < 4.78 is 2.25. The van der Waals surface area contributed by atoms with Crippen molar-refractivity contribution in [2.75, 3.05) is 13.2 Å². The minimum Gasteiger partial charge on any atom is -0.395 e. The number of nitrogens with zero attached hydrogens (tertiary/aromatic N) is 3. The molecule has 1 aliphatic heterocycles. The van der Waals surface area contributed by atoms with E-state index in [9.17, 15) is 5.11 Å². The number of β-amino-alcohol motifs (C(OH)–C–C–N with tert-alkyl or cyclic N) is 1. The maximum atomic E-state index is 9.61. The van der Waals surface area contributed by atoms with Gasteiger partial charge < -0.3 is 19.9 Å². The third kappa shape index (κ3) is 3.22. The molecule has 0 bridgehead atoms. The molecule has 27 heavy (non-hydrogen) atoms. The molecule has 6 heteroatoms. The van der Waals surface area contributed by atoms with Crippen LogP contribution in [0.4, 0.5) is 0 Å². The Morgan fingerprint density at radius 3 is 2.56 bits per heavy atom. The van der Waals surface area contributed by atoms with Gasteiger partial charge in [0.15, 0.2) is 5.11 Å². The molecule has 2 aromatic heterocycles. The molecule has 5 nitrogen and oxygen atoms in total. The van der Waals surface area contributed by atoms with Gasteiger partial charge in [0.05, 0.1) is 24.4 Å². The lowest BCUT2D eigenvalue weighted by Gasteiger charge is -2.28. The number of aromatic nitrogens is 2. The molecule has 0 spiro atoms. The quantitative estimate of drug-likeness (QED) is 0.668. The SMILES string of the molecule is Cc1ccc([C@@H]2[C@H](c3ccccn3)NC(=S)N2CCO)n1-c1ccccc1. The molecule has 0 aliphatic carbocycles. The third-order valence-electron chi connectivity index (χ3n) is 4.96. The number of para-hydroxylation sites is 1. The first-order chi connectivity index (χ1) is 13.2. The van der Waals surface area contributed by atoms with Crippen molar-refractivity contribution >= 4 is 17.3 Å². The fraction of sp³-hybridized carbons (Fsp3) is 0.238. The van der Waals surface area contributed by atoms with Crippen LogP contribution in [0.15, 0.2) is 66.9 Å². The highest BCUT2D eigenvalue weighted by Crippen LogP contribution is 2.39. The number of nitrogens with one attached hydrogen (secondary N) is 1. The van der Waals surface area contributed by atoms with Crippen LogP contribution in [-0.2, 0) is 0 Å². The molecule has 0 saturated carbocycles. The molecule has 0 radical (unpaired) electrons. The summed E-state index contributed by atoms with van der Waals surface area (Å²) in [5.74, 6) is 0. The maximum absolute atomic E-state index is 9.61. The highest BCUT2D eigenvalue weighted by Gasteiger charge is 2.41. The first-order valence-electron chi connectivity index (χ1n) is 9.03. The van der Waals surface area contributed by atoms with E-state index in [1.165, 1.54) is 0 Å². The molecule has 1 saturated heterocycles. The number of hydrogen-bond donors (Lipinski definition) is 2. The van der Waals surface area contributed by atoms with Crippen molar-refractivity contribution < 1.29 is 5.11 Å². The van der Waals surface area contributed by atoms with E-state index in [1.807, 2.05) is 36.4 Å². The molecule has 1 aliphatic rings. The van der Waals surface area contributed by atoms with Gasteiger partial charge in [0.1, 0.15) is 0 Å². The first kappa shape index (κ1) is 17.7. The molecular weight excluding hydrogens is 356 g/mol. The second-order valence-electron chi connectivity index (χ2n) is 6.61. The van der Waals surface area contributed by atoms with E-state index in [1.54, 1.807) is 6.20 Å². The number of thiocarbonyl (C=S) groups is 1. The van der Waals surface area contributed by atoms with Crippen LogP contribution in [0.2, 0.25) is 0 Å². The zero-order chi connectivity index (χ0) is 18.8. The van der Waals surface area contributed by atoms with Gasteiger partial charge in [-0.15, -0.1) is 0 Å². The summed E-state index contributed by atoms with van der Waals surface area (Å²) >= 11 is 5.59. The Morgan fingerprint density at radius 1 is 1.07 bits per heavy atom. The summed E-state index contributed by atoms with van der Waals surface area (Å²) in [6, 6.07) is 20.3. The van der Waals surface area contributed by atoms with Crippen LogP contribution in [-0.4, -0.2) is 37.8 Å². The number of pyridine rings is 1. The first-order valence-corrected chi connectivity index (χ1v) is 9.44. The van der Waals surface area contributed by atoms with Crippen molar-refractivity contribution in [3.8, 4) is 5.69 Å². The molecule has 1 fully saturated rings. The molecule has 0 amide bonds. The van der Waals surface area contributed by atoms with Gasteiger partial charge in [-0.3, -0.25) is 4.98 Å². The largest absolute Gasteiger partial charge is 0.395 e. The second kappa shape index (κ2) is 7.50. The molecule has 1 aromatic carbocycles. The Kier molecular flexibility index (Phi) is 4.92. The van der Waals surface area contributed by atoms with E-state index < -0.39 is 0 Å². The number of rotatable bonds is 5. The van der Waals surface area contributed by atoms with Crippen LogP contribution >= 0.6 is 12.2 Å². The predicted octanol–water partition coefficient (Wildman–Crippen LogP) is 3.15. The van der Waals surface area contributed by atoms with Crippen molar-refractivity contribution in [3.05, 3.63) is 83.9 Å². The Bertz CT molecular complexity index is 926. The van der Waals surface area contributed by atoms with Crippen molar-refractivity contribution in [2.45, 2.75) is 19.0 Å². The van der Waals surface area contributed by atoms with Crippen molar-refractivity contribution in [1.29, 1.82) is 0 Å². The molecule has 4 rings (SSSR count). The summed E-state index contributed by atoms with van der Waals surface area (Å²) in [4.78, 5) is 6.61. The van der Waals surface area contributed by atoms with E-state index in [0.29, 0.717) is 11.7 Å². The Morgan fingerprint density at radius 2 is 1.85 bits per heavy atom. The van der Waals surface area contributed by atoms with Gasteiger partial charge in [0.2, 0.25) is 0 Å². The molecule has 2 N–H and O–H groups in total. The number of aliphatic hydroxyl groups is 1. The van der Waals surface area contributed by atoms with E-state index in [2.05, 4.69) is 51.0 Å².